The molecule has 176 valence electrons. The van der Waals surface area contributed by atoms with E-state index >= 15 is 0 Å². The number of carboxylic acids is 1. The Kier molecular flexibility index (Phi) is 8.43. The number of carbonyl (C=O) groups excluding carboxylic acids is 2. The van der Waals surface area contributed by atoms with Gasteiger partial charge in [-0.1, -0.05) is 55.5 Å². The van der Waals surface area contributed by atoms with Crippen LogP contribution >= 0.6 is 0 Å². The van der Waals surface area contributed by atoms with Gasteiger partial charge in [-0.2, -0.15) is 0 Å². The van der Waals surface area contributed by atoms with E-state index in [9.17, 15) is 14.4 Å². The zero-order valence-corrected chi connectivity index (χ0v) is 18.9. The van der Waals surface area contributed by atoms with E-state index in [1.165, 1.54) is 7.11 Å². The number of carbonyl (C=O) groups is 3. The van der Waals surface area contributed by atoms with Crippen molar-refractivity contribution in [1.29, 1.82) is 0 Å². The lowest BCUT2D eigenvalue weighted by Crippen LogP contribution is -2.45. The van der Waals surface area contributed by atoms with E-state index in [0.29, 0.717) is 13.0 Å². The minimum Gasteiger partial charge on any atom is -0.481 e. The number of aliphatic carboxylic acids is 1. The summed E-state index contributed by atoms with van der Waals surface area (Å²) >= 11 is 0. The summed E-state index contributed by atoms with van der Waals surface area (Å²) in [6.45, 7) is 2.34. The third kappa shape index (κ3) is 6.32. The molecule has 0 radical (unpaired) electrons. The van der Waals surface area contributed by atoms with E-state index in [1.807, 2.05) is 43.3 Å². The molecule has 2 aromatic carbocycles. The molecule has 2 atom stereocenters. The molecule has 2 unspecified atom stereocenters. The van der Waals surface area contributed by atoms with Gasteiger partial charge < -0.3 is 25.2 Å². The van der Waals surface area contributed by atoms with Crippen molar-refractivity contribution in [3.05, 3.63) is 59.7 Å². The molecule has 0 saturated carbocycles. The minimum atomic E-state index is -0.878. The van der Waals surface area contributed by atoms with E-state index in [4.69, 9.17) is 14.6 Å². The van der Waals surface area contributed by atoms with Gasteiger partial charge >= 0.3 is 12.1 Å². The molecular formula is C25H30N2O6. The lowest BCUT2D eigenvalue weighted by Gasteiger charge is -2.18. The highest BCUT2D eigenvalue weighted by molar-refractivity contribution is 5.82. The number of benzene rings is 2. The number of rotatable bonds is 11. The standard InChI is InChI=1S/C25H30N2O6/c1-16(11-12-23(28)29)13-26-24(30)22(32-2)14-27-25(31)33-15-21-19-9-5-3-7-17(19)18-8-4-6-10-20(18)21/h3-10,16,21-22H,11-15H2,1-2H3,(H,26,30)(H,27,31)(H,28,29). The molecule has 0 saturated heterocycles. The molecule has 0 aliphatic heterocycles. The van der Waals surface area contributed by atoms with E-state index < -0.39 is 18.2 Å². The summed E-state index contributed by atoms with van der Waals surface area (Å²) in [6, 6.07) is 16.2. The second kappa shape index (κ2) is 11.5. The Labute approximate surface area is 193 Å². The molecule has 0 bridgehead atoms. The first-order valence-corrected chi connectivity index (χ1v) is 11.0. The van der Waals surface area contributed by atoms with Crippen molar-refractivity contribution in [2.75, 3.05) is 26.8 Å². The molecule has 3 N–H and O–H groups in total. The molecule has 0 fully saturated rings. The molecule has 1 aliphatic rings. The van der Waals surface area contributed by atoms with Crippen LogP contribution in [-0.2, 0) is 19.1 Å². The van der Waals surface area contributed by atoms with Crippen LogP contribution in [-0.4, -0.2) is 56.0 Å². The SMILES string of the molecule is COC(CNC(=O)OCC1c2ccccc2-c2ccccc21)C(=O)NCC(C)CCC(=O)O. The molecule has 8 heteroatoms. The normalized spacial score (nSPS) is 14.0. The summed E-state index contributed by atoms with van der Waals surface area (Å²) in [5, 5.41) is 14.1. The van der Waals surface area contributed by atoms with Gasteiger partial charge in [-0.15, -0.1) is 0 Å². The quantitative estimate of drug-likeness (QED) is 0.481. The molecule has 2 amide bonds. The Balaban J connectivity index is 1.47. The summed E-state index contributed by atoms with van der Waals surface area (Å²) in [5.41, 5.74) is 4.54. The van der Waals surface area contributed by atoms with Gasteiger partial charge in [0.15, 0.2) is 6.10 Å². The molecule has 0 aromatic heterocycles. The number of hydrogen-bond acceptors (Lipinski definition) is 5. The summed E-state index contributed by atoms with van der Waals surface area (Å²) in [6.07, 6.45) is -0.988. The fourth-order valence-electron chi connectivity index (χ4n) is 3.97. The van der Waals surface area contributed by atoms with Crippen LogP contribution in [0.4, 0.5) is 4.79 Å². The maximum atomic E-state index is 12.3. The number of nitrogens with one attached hydrogen (secondary N) is 2. The molecule has 0 heterocycles. The van der Waals surface area contributed by atoms with Gasteiger partial charge in [-0.05, 0) is 34.6 Å². The number of fused-ring (bicyclic) bond motifs is 3. The summed E-state index contributed by atoms with van der Waals surface area (Å²) < 4.78 is 10.7. The smallest absolute Gasteiger partial charge is 0.407 e. The van der Waals surface area contributed by atoms with Crippen molar-refractivity contribution in [2.24, 2.45) is 5.92 Å². The Hall–Kier alpha value is -3.39. The second-order valence-electron chi connectivity index (χ2n) is 8.21. The van der Waals surface area contributed by atoms with Gasteiger partial charge in [0, 0.05) is 26.0 Å². The Morgan fingerprint density at radius 3 is 2.15 bits per heavy atom. The number of ether oxygens (including phenoxy) is 2. The maximum absolute atomic E-state index is 12.3. The fourth-order valence-corrected chi connectivity index (χ4v) is 3.97. The first-order chi connectivity index (χ1) is 15.9. The summed E-state index contributed by atoms with van der Waals surface area (Å²) in [7, 11) is 1.39. The van der Waals surface area contributed by atoms with Crippen molar-refractivity contribution < 1.29 is 29.0 Å². The zero-order chi connectivity index (χ0) is 23.8. The largest absolute Gasteiger partial charge is 0.481 e. The molecule has 33 heavy (non-hydrogen) atoms. The van der Waals surface area contributed by atoms with Crippen LogP contribution in [0.15, 0.2) is 48.5 Å². The molecule has 2 aromatic rings. The van der Waals surface area contributed by atoms with Gasteiger partial charge in [0.05, 0.1) is 6.54 Å². The monoisotopic (exact) mass is 454 g/mol. The van der Waals surface area contributed by atoms with Crippen LogP contribution in [0.3, 0.4) is 0 Å². The number of alkyl carbamates (subject to hydrolysis) is 1. The lowest BCUT2D eigenvalue weighted by atomic mass is 9.98. The highest BCUT2D eigenvalue weighted by atomic mass is 16.5. The van der Waals surface area contributed by atoms with E-state index in [1.54, 1.807) is 0 Å². The van der Waals surface area contributed by atoms with Crippen LogP contribution in [0.2, 0.25) is 0 Å². The molecular weight excluding hydrogens is 424 g/mol. The van der Waals surface area contributed by atoms with E-state index in [0.717, 1.165) is 22.3 Å². The van der Waals surface area contributed by atoms with Crippen LogP contribution in [0.1, 0.15) is 36.8 Å². The van der Waals surface area contributed by atoms with E-state index in [-0.39, 0.29) is 37.3 Å². The number of hydrogen-bond donors (Lipinski definition) is 3. The molecule has 0 spiro atoms. The Morgan fingerprint density at radius 1 is 0.970 bits per heavy atom. The lowest BCUT2D eigenvalue weighted by molar-refractivity contribution is -0.137. The van der Waals surface area contributed by atoms with Crippen LogP contribution < -0.4 is 10.6 Å². The van der Waals surface area contributed by atoms with Gasteiger partial charge in [0.1, 0.15) is 6.61 Å². The van der Waals surface area contributed by atoms with Crippen molar-refractivity contribution >= 4 is 18.0 Å². The molecule has 1 aliphatic carbocycles. The Bertz CT molecular complexity index is 947. The van der Waals surface area contributed by atoms with Crippen molar-refractivity contribution in [3.8, 4) is 11.1 Å². The second-order valence-corrected chi connectivity index (χ2v) is 8.21. The summed E-state index contributed by atoms with van der Waals surface area (Å²) in [5.74, 6) is -1.27. The van der Waals surface area contributed by atoms with E-state index in [2.05, 4.69) is 22.8 Å². The highest BCUT2D eigenvalue weighted by Crippen LogP contribution is 2.44. The number of carboxylic acid groups (broad SMARTS) is 1. The van der Waals surface area contributed by atoms with Crippen molar-refractivity contribution in [2.45, 2.75) is 31.8 Å². The first kappa shape index (κ1) is 24.3. The number of amides is 2. The predicted octanol–water partition coefficient (Wildman–Crippen LogP) is 3.16. The molecule has 8 nitrogen and oxygen atoms in total. The Morgan fingerprint density at radius 2 is 1.58 bits per heavy atom. The molecule has 3 rings (SSSR count). The van der Waals surface area contributed by atoms with Crippen molar-refractivity contribution in [3.63, 3.8) is 0 Å². The zero-order valence-electron chi connectivity index (χ0n) is 18.9. The van der Waals surface area contributed by atoms with Crippen LogP contribution in [0, 0.1) is 5.92 Å². The minimum absolute atomic E-state index is 0.0117. The third-order valence-corrected chi connectivity index (χ3v) is 5.83. The third-order valence-electron chi connectivity index (χ3n) is 5.83. The highest BCUT2D eigenvalue weighted by Gasteiger charge is 2.29. The first-order valence-electron chi connectivity index (χ1n) is 11.0. The van der Waals surface area contributed by atoms with Crippen LogP contribution in [0.25, 0.3) is 11.1 Å². The topological polar surface area (TPSA) is 114 Å². The van der Waals surface area contributed by atoms with Crippen LogP contribution in [0.5, 0.6) is 0 Å². The van der Waals surface area contributed by atoms with Gasteiger partial charge in [-0.25, -0.2) is 4.79 Å². The van der Waals surface area contributed by atoms with Gasteiger partial charge in [0.2, 0.25) is 0 Å². The van der Waals surface area contributed by atoms with Gasteiger partial charge in [-0.3, -0.25) is 9.59 Å². The fraction of sp³-hybridized carbons (Fsp3) is 0.400. The van der Waals surface area contributed by atoms with Gasteiger partial charge in [0.25, 0.3) is 5.91 Å². The average Bonchev–Trinajstić information content (AvgIpc) is 3.14. The average molecular weight is 455 g/mol. The number of methoxy groups -OCH3 is 1. The maximum Gasteiger partial charge on any atom is 0.407 e. The predicted molar refractivity (Wildman–Crippen MR) is 123 cm³/mol. The summed E-state index contributed by atoms with van der Waals surface area (Å²) in [4.78, 5) is 35.3. The van der Waals surface area contributed by atoms with Crippen molar-refractivity contribution in [1.82, 2.24) is 10.6 Å².